The number of unbranched alkanes of at least 4 members (excludes halogenated alkanes) is 1. The summed E-state index contributed by atoms with van der Waals surface area (Å²) in [7, 11) is 0. The molecule has 23 heavy (non-hydrogen) atoms. The van der Waals surface area contributed by atoms with Gasteiger partial charge in [-0.1, -0.05) is 44.2 Å². The van der Waals surface area contributed by atoms with E-state index in [1.54, 1.807) is 0 Å². The molecule has 1 unspecified atom stereocenters. The zero-order valence-electron chi connectivity index (χ0n) is 13.9. The quantitative estimate of drug-likeness (QED) is 0.680. The highest BCUT2D eigenvalue weighted by atomic mass is 16.5. The molecular formula is C19H29NO3. The molecule has 0 aliphatic heterocycles. The second-order valence-electron chi connectivity index (χ2n) is 6.64. The lowest BCUT2D eigenvalue weighted by Crippen LogP contribution is -2.29. The Kier molecular flexibility index (Phi) is 7.40. The Hall–Kier alpha value is -1.55. The minimum atomic E-state index is -0.931. The predicted octanol–water partition coefficient (Wildman–Crippen LogP) is 3.77. The van der Waals surface area contributed by atoms with Gasteiger partial charge in [0, 0.05) is 0 Å². The van der Waals surface area contributed by atoms with Gasteiger partial charge in [0.15, 0.2) is 0 Å². The molecule has 3 N–H and O–H groups in total. The molecule has 1 aromatic carbocycles. The lowest BCUT2D eigenvalue weighted by Gasteiger charge is -2.21. The highest BCUT2D eigenvalue weighted by Gasteiger charge is 2.13. The molecule has 0 radical (unpaired) electrons. The van der Waals surface area contributed by atoms with Crippen LogP contribution in [-0.2, 0) is 11.2 Å². The van der Waals surface area contributed by atoms with Gasteiger partial charge >= 0.3 is 5.97 Å². The van der Waals surface area contributed by atoms with E-state index in [0.717, 1.165) is 24.5 Å². The third-order valence-corrected chi connectivity index (χ3v) is 4.67. The van der Waals surface area contributed by atoms with E-state index < -0.39 is 12.0 Å². The molecule has 0 heterocycles. The summed E-state index contributed by atoms with van der Waals surface area (Å²) in [6, 6.07) is 7.67. The van der Waals surface area contributed by atoms with Crippen LogP contribution in [0.15, 0.2) is 24.3 Å². The lowest BCUT2D eigenvalue weighted by molar-refractivity contribution is -0.138. The number of carboxylic acids is 1. The Morgan fingerprint density at radius 2 is 1.87 bits per heavy atom. The van der Waals surface area contributed by atoms with Crippen molar-refractivity contribution in [2.45, 2.75) is 63.8 Å². The first kappa shape index (κ1) is 17.8. The van der Waals surface area contributed by atoms with Crippen LogP contribution in [0.4, 0.5) is 0 Å². The summed E-state index contributed by atoms with van der Waals surface area (Å²) >= 11 is 0. The molecule has 0 aromatic heterocycles. The highest BCUT2D eigenvalue weighted by molar-refractivity contribution is 5.72. The van der Waals surface area contributed by atoms with E-state index in [0.29, 0.717) is 13.0 Å². The fraction of sp³-hybridized carbons (Fsp3) is 0.632. The normalized spacial score (nSPS) is 16.9. The van der Waals surface area contributed by atoms with Crippen LogP contribution in [0.3, 0.4) is 0 Å². The average Bonchev–Trinajstić information content (AvgIpc) is 2.56. The average molecular weight is 319 g/mol. The maximum atomic E-state index is 10.6. The molecule has 1 aromatic rings. The number of hydrogen-bond donors (Lipinski definition) is 2. The van der Waals surface area contributed by atoms with Gasteiger partial charge < -0.3 is 15.6 Å². The molecule has 0 bridgehead atoms. The van der Waals surface area contributed by atoms with Crippen molar-refractivity contribution in [3.8, 4) is 5.75 Å². The summed E-state index contributed by atoms with van der Waals surface area (Å²) in [4.78, 5) is 10.6. The van der Waals surface area contributed by atoms with Crippen molar-refractivity contribution in [3.05, 3.63) is 29.8 Å². The topological polar surface area (TPSA) is 72.5 Å². The summed E-state index contributed by atoms with van der Waals surface area (Å²) in [5, 5.41) is 8.70. The van der Waals surface area contributed by atoms with Crippen LogP contribution in [0.1, 0.15) is 56.9 Å². The van der Waals surface area contributed by atoms with Crippen LogP contribution in [0.25, 0.3) is 0 Å². The summed E-state index contributed by atoms with van der Waals surface area (Å²) in [5.41, 5.74) is 6.86. The molecule has 0 amide bonds. The first-order valence-electron chi connectivity index (χ1n) is 8.85. The SMILES string of the molecule is NC(CCCCOc1ccc(CC2CCCCC2)cc1)C(=O)O. The second-order valence-corrected chi connectivity index (χ2v) is 6.64. The zero-order chi connectivity index (χ0) is 16.5. The summed E-state index contributed by atoms with van der Waals surface area (Å²) in [6.45, 7) is 0.605. The van der Waals surface area contributed by atoms with Crippen molar-refractivity contribution in [1.82, 2.24) is 0 Å². The van der Waals surface area contributed by atoms with E-state index in [4.69, 9.17) is 15.6 Å². The first-order chi connectivity index (χ1) is 11.1. The third-order valence-electron chi connectivity index (χ3n) is 4.67. The van der Waals surface area contributed by atoms with Crippen molar-refractivity contribution < 1.29 is 14.6 Å². The van der Waals surface area contributed by atoms with Crippen LogP contribution in [0.5, 0.6) is 5.75 Å². The molecule has 4 nitrogen and oxygen atoms in total. The molecule has 2 rings (SSSR count). The first-order valence-corrected chi connectivity index (χ1v) is 8.85. The van der Waals surface area contributed by atoms with Crippen LogP contribution >= 0.6 is 0 Å². The fourth-order valence-electron chi connectivity index (χ4n) is 3.23. The molecule has 1 fully saturated rings. The van der Waals surface area contributed by atoms with Gasteiger partial charge in [-0.25, -0.2) is 0 Å². The number of benzene rings is 1. The summed E-state index contributed by atoms with van der Waals surface area (Å²) in [6.07, 6.45) is 10.2. The number of carbonyl (C=O) groups is 1. The molecule has 0 spiro atoms. The number of aliphatic carboxylic acids is 1. The van der Waals surface area contributed by atoms with Crippen molar-refractivity contribution >= 4 is 5.97 Å². The molecule has 1 saturated carbocycles. The van der Waals surface area contributed by atoms with Gasteiger partial charge in [0.25, 0.3) is 0 Å². The standard InChI is InChI=1S/C19H29NO3/c20-18(19(21)22)8-4-5-13-23-17-11-9-16(10-12-17)14-15-6-2-1-3-7-15/h9-12,15,18H,1-8,13-14,20H2,(H,21,22). The fourth-order valence-corrected chi connectivity index (χ4v) is 3.23. The maximum absolute atomic E-state index is 10.6. The van der Waals surface area contributed by atoms with Crippen molar-refractivity contribution in [3.63, 3.8) is 0 Å². The number of hydrogen-bond acceptors (Lipinski definition) is 3. The Balaban J connectivity index is 1.63. The van der Waals surface area contributed by atoms with E-state index in [2.05, 4.69) is 12.1 Å². The van der Waals surface area contributed by atoms with Crippen molar-refractivity contribution in [2.75, 3.05) is 6.61 Å². The number of carboxylic acid groups (broad SMARTS) is 1. The largest absolute Gasteiger partial charge is 0.494 e. The molecule has 0 saturated heterocycles. The van der Waals surface area contributed by atoms with Crippen molar-refractivity contribution in [2.24, 2.45) is 11.7 Å². The number of rotatable bonds is 9. The predicted molar refractivity (Wildman–Crippen MR) is 91.7 cm³/mol. The van der Waals surface area contributed by atoms with Crippen LogP contribution in [0, 0.1) is 5.92 Å². The van der Waals surface area contributed by atoms with Gasteiger partial charge in [-0.3, -0.25) is 4.79 Å². The second kappa shape index (κ2) is 9.56. The van der Waals surface area contributed by atoms with Gasteiger partial charge in [0.05, 0.1) is 6.61 Å². The summed E-state index contributed by atoms with van der Waals surface area (Å²) in [5.74, 6) is 0.813. The molecule has 1 aliphatic rings. The van der Waals surface area contributed by atoms with Gasteiger partial charge in [0.1, 0.15) is 11.8 Å². The zero-order valence-corrected chi connectivity index (χ0v) is 13.9. The van der Waals surface area contributed by atoms with E-state index in [1.807, 2.05) is 12.1 Å². The summed E-state index contributed by atoms with van der Waals surface area (Å²) < 4.78 is 5.71. The molecule has 4 heteroatoms. The third kappa shape index (κ3) is 6.61. The van der Waals surface area contributed by atoms with Crippen molar-refractivity contribution in [1.29, 1.82) is 0 Å². The van der Waals surface area contributed by atoms with Gasteiger partial charge in [-0.2, -0.15) is 0 Å². The lowest BCUT2D eigenvalue weighted by atomic mass is 9.85. The van der Waals surface area contributed by atoms with Crippen LogP contribution in [0.2, 0.25) is 0 Å². The number of nitrogens with two attached hydrogens (primary N) is 1. The van der Waals surface area contributed by atoms with E-state index in [1.165, 1.54) is 44.1 Å². The van der Waals surface area contributed by atoms with Gasteiger partial charge in [-0.15, -0.1) is 0 Å². The minimum Gasteiger partial charge on any atom is -0.494 e. The Morgan fingerprint density at radius 1 is 1.17 bits per heavy atom. The van der Waals surface area contributed by atoms with Gasteiger partial charge in [0.2, 0.25) is 0 Å². The Morgan fingerprint density at radius 3 is 2.52 bits per heavy atom. The van der Waals surface area contributed by atoms with E-state index in [9.17, 15) is 4.79 Å². The van der Waals surface area contributed by atoms with Crippen LogP contribution < -0.4 is 10.5 Å². The van der Waals surface area contributed by atoms with E-state index >= 15 is 0 Å². The van der Waals surface area contributed by atoms with Gasteiger partial charge in [-0.05, 0) is 49.3 Å². The van der Waals surface area contributed by atoms with Crippen LogP contribution in [-0.4, -0.2) is 23.7 Å². The smallest absolute Gasteiger partial charge is 0.320 e. The monoisotopic (exact) mass is 319 g/mol. The Labute approximate surface area is 139 Å². The molecule has 1 atom stereocenters. The molecule has 128 valence electrons. The minimum absolute atomic E-state index is 0.499. The maximum Gasteiger partial charge on any atom is 0.320 e. The molecule has 1 aliphatic carbocycles. The van der Waals surface area contributed by atoms with E-state index in [-0.39, 0.29) is 0 Å². The number of ether oxygens (including phenoxy) is 1. The highest BCUT2D eigenvalue weighted by Crippen LogP contribution is 2.27. The Bertz CT molecular complexity index is 466. The molecular weight excluding hydrogens is 290 g/mol.